The highest BCUT2D eigenvalue weighted by molar-refractivity contribution is 7.92. The number of carbonyl (C=O) groups excluding carboxylic acids is 2. The first kappa shape index (κ1) is 31.5. The lowest BCUT2D eigenvalue weighted by molar-refractivity contribution is -0.139. The second kappa shape index (κ2) is 14.5. The monoisotopic (exact) mass is 581 g/mol. The zero-order valence-electron chi connectivity index (χ0n) is 24.2. The highest BCUT2D eigenvalue weighted by Gasteiger charge is 2.34. The molecular formula is C31H39N3O6S. The van der Waals surface area contributed by atoms with Gasteiger partial charge in [0.25, 0.3) is 10.0 Å². The van der Waals surface area contributed by atoms with Crippen LogP contribution in [0.5, 0.6) is 11.5 Å². The molecule has 2 amide bonds. The van der Waals surface area contributed by atoms with Gasteiger partial charge in [0.1, 0.15) is 24.1 Å². The van der Waals surface area contributed by atoms with Crippen molar-refractivity contribution in [2.45, 2.75) is 50.6 Å². The summed E-state index contributed by atoms with van der Waals surface area (Å²) in [6.45, 7) is 5.20. The smallest absolute Gasteiger partial charge is 0.264 e. The molecule has 0 aliphatic heterocycles. The lowest BCUT2D eigenvalue weighted by atomic mass is 10.1. The van der Waals surface area contributed by atoms with Gasteiger partial charge < -0.3 is 19.7 Å². The van der Waals surface area contributed by atoms with Crippen LogP contribution in [-0.4, -0.2) is 64.5 Å². The van der Waals surface area contributed by atoms with Gasteiger partial charge in [-0.05, 0) is 56.5 Å². The fourth-order valence-electron chi connectivity index (χ4n) is 4.50. The number of benzene rings is 3. The van der Waals surface area contributed by atoms with Gasteiger partial charge in [-0.1, -0.05) is 55.5 Å². The fourth-order valence-corrected chi connectivity index (χ4v) is 5.94. The minimum absolute atomic E-state index is 0.0121. The summed E-state index contributed by atoms with van der Waals surface area (Å²) in [6.07, 6.45) is 0.846. The van der Waals surface area contributed by atoms with E-state index in [1.54, 1.807) is 30.3 Å². The van der Waals surface area contributed by atoms with E-state index in [0.717, 1.165) is 9.87 Å². The van der Waals surface area contributed by atoms with Crippen molar-refractivity contribution in [3.05, 3.63) is 84.4 Å². The van der Waals surface area contributed by atoms with Crippen molar-refractivity contribution >= 4 is 27.5 Å². The zero-order valence-corrected chi connectivity index (χ0v) is 25.1. The van der Waals surface area contributed by atoms with Crippen LogP contribution in [0.1, 0.15) is 32.8 Å². The number of methoxy groups -OCH3 is 2. The lowest BCUT2D eigenvalue weighted by Crippen LogP contribution is -2.54. The van der Waals surface area contributed by atoms with Gasteiger partial charge in [0, 0.05) is 18.7 Å². The summed E-state index contributed by atoms with van der Waals surface area (Å²) in [4.78, 5) is 28.9. The first-order valence-electron chi connectivity index (χ1n) is 13.6. The van der Waals surface area contributed by atoms with Crippen molar-refractivity contribution in [1.29, 1.82) is 0 Å². The van der Waals surface area contributed by atoms with Crippen LogP contribution in [0.25, 0.3) is 0 Å². The molecule has 220 valence electrons. The second-order valence-corrected chi connectivity index (χ2v) is 11.6. The number of nitrogens with one attached hydrogen (secondary N) is 1. The minimum atomic E-state index is -4.23. The van der Waals surface area contributed by atoms with Crippen molar-refractivity contribution in [2.24, 2.45) is 0 Å². The summed E-state index contributed by atoms with van der Waals surface area (Å²) in [5.41, 5.74) is 1.14. The van der Waals surface area contributed by atoms with Gasteiger partial charge in [0.15, 0.2) is 0 Å². The summed E-state index contributed by atoms with van der Waals surface area (Å²) < 4.78 is 40.0. The van der Waals surface area contributed by atoms with Crippen molar-refractivity contribution in [3.8, 4) is 11.5 Å². The topological polar surface area (TPSA) is 105 Å². The summed E-state index contributed by atoms with van der Waals surface area (Å²) >= 11 is 0. The molecule has 9 nitrogen and oxygen atoms in total. The van der Waals surface area contributed by atoms with Crippen LogP contribution in [0.3, 0.4) is 0 Å². The maximum absolute atomic E-state index is 14.1. The summed E-state index contributed by atoms with van der Waals surface area (Å²) in [6, 6.07) is 21.3. The van der Waals surface area contributed by atoms with E-state index in [2.05, 4.69) is 5.32 Å². The number of hydrogen-bond donors (Lipinski definition) is 1. The number of nitrogens with zero attached hydrogens (tertiary/aromatic N) is 2. The van der Waals surface area contributed by atoms with Crippen LogP contribution in [0, 0.1) is 0 Å². The van der Waals surface area contributed by atoms with Crippen LogP contribution in [0.4, 0.5) is 5.69 Å². The summed E-state index contributed by atoms with van der Waals surface area (Å²) in [5, 5.41) is 2.90. The third-order valence-corrected chi connectivity index (χ3v) is 8.34. The van der Waals surface area contributed by atoms with Gasteiger partial charge in [0.2, 0.25) is 11.8 Å². The highest BCUT2D eigenvalue weighted by Crippen LogP contribution is 2.35. The molecule has 0 radical (unpaired) electrons. The predicted molar refractivity (Wildman–Crippen MR) is 160 cm³/mol. The zero-order chi connectivity index (χ0) is 30.0. The van der Waals surface area contributed by atoms with E-state index in [0.29, 0.717) is 18.6 Å². The summed E-state index contributed by atoms with van der Waals surface area (Å²) in [5.74, 6) is -0.167. The van der Waals surface area contributed by atoms with Gasteiger partial charge in [-0.2, -0.15) is 0 Å². The Morgan fingerprint density at radius 3 is 2.10 bits per heavy atom. The average Bonchev–Trinajstić information content (AvgIpc) is 2.98. The maximum Gasteiger partial charge on any atom is 0.264 e. The van der Waals surface area contributed by atoms with Gasteiger partial charge in [-0.15, -0.1) is 0 Å². The molecule has 0 heterocycles. The standard InChI is InChI=1S/C31H39N3O6S/c1-6-27(31(36)32-23(2)3)33(20-19-24-13-9-7-10-14-24)30(35)22-34(41(37,38)26-15-11-8-12-16-26)28-21-25(39-4)17-18-29(28)40-5/h7-18,21,23,27H,6,19-20,22H2,1-5H3,(H,32,36)/t27-/m0/s1. The predicted octanol–water partition coefficient (Wildman–Crippen LogP) is 4.27. The van der Waals surface area contributed by atoms with Crippen LogP contribution < -0.4 is 19.1 Å². The second-order valence-electron chi connectivity index (χ2n) is 9.77. The van der Waals surface area contributed by atoms with Crippen molar-refractivity contribution in [3.63, 3.8) is 0 Å². The quantitative estimate of drug-likeness (QED) is 0.305. The Bertz CT molecular complexity index is 1400. The number of hydrogen-bond acceptors (Lipinski definition) is 6. The number of carbonyl (C=O) groups is 2. The molecule has 10 heteroatoms. The van der Waals surface area contributed by atoms with Crippen LogP contribution in [0.2, 0.25) is 0 Å². The molecule has 0 saturated heterocycles. The van der Waals surface area contributed by atoms with E-state index >= 15 is 0 Å². The molecular weight excluding hydrogens is 542 g/mol. The number of rotatable bonds is 14. The molecule has 0 unspecified atom stereocenters. The van der Waals surface area contributed by atoms with E-state index < -0.39 is 28.5 Å². The molecule has 3 aromatic rings. The van der Waals surface area contributed by atoms with Crippen LogP contribution in [0.15, 0.2) is 83.8 Å². The van der Waals surface area contributed by atoms with Crippen molar-refractivity contribution in [1.82, 2.24) is 10.2 Å². The molecule has 0 spiro atoms. The van der Waals surface area contributed by atoms with E-state index in [-0.39, 0.29) is 34.8 Å². The van der Waals surface area contributed by atoms with Crippen LogP contribution in [-0.2, 0) is 26.0 Å². The summed E-state index contributed by atoms with van der Waals surface area (Å²) in [7, 11) is -1.33. The van der Waals surface area contributed by atoms with E-state index in [9.17, 15) is 18.0 Å². The number of amides is 2. The Morgan fingerprint density at radius 2 is 1.54 bits per heavy atom. The first-order valence-corrected chi connectivity index (χ1v) is 15.0. The molecule has 0 aliphatic rings. The molecule has 0 aliphatic carbocycles. The largest absolute Gasteiger partial charge is 0.497 e. The van der Waals surface area contributed by atoms with E-state index in [1.165, 1.54) is 37.3 Å². The Kier molecular flexibility index (Phi) is 11.2. The van der Waals surface area contributed by atoms with Crippen molar-refractivity contribution < 1.29 is 27.5 Å². The van der Waals surface area contributed by atoms with Gasteiger partial charge in [-0.25, -0.2) is 8.42 Å². The third kappa shape index (κ3) is 8.00. The maximum atomic E-state index is 14.1. The number of sulfonamides is 1. The molecule has 41 heavy (non-hydrogen) atoms. The molecule has 0 bridgehead atoms. The van der Waals surface area contributed by atoms with Crippen LogP contribution >= 0.6 is 0 Å². The minimum Gasteiger partial charge on any atom is -0.497 e. The van der Waals surface area contributed by atoms with E-state index in [1.807, 2.05) is 51.1 Å². The normalized spacial score (nSPS) is 12.0. The number of anilines is 1. The lowest BCUT2D eigenvalue weighted by Gasteiger charge is -2.34. The van der Waals surface area contributed by atoms with E-state index in [4.69, 9.17) is 9.47 Å². The molecule has 3 aromatic carbocycles. The molecule has 0 fully saturated rings. The Balaban J connectivity index is 2.09. The molecule has 0 saturated carbocycles. The SMILES string of the molecule is CC[C@@H](C(=O)NC(C)C)N(CCc1ccccc1)C(=O)CN(c1cc(OC)ccc1OC)S(=O)(=O)c1ccccc1. The molecule has 3 rings (SSSR count). The Labute approximate surface area is 243 Å². The number of ether oxygens (including phenoxy) is 2. The van der Waals surface area contributed by atoms with Gasteiger partial charge in [0.05, 0.1) is 24.8 Å². The first-order chi connectivity index (χ1) is 19.6. The Morgan fingerprint density at radius 1 is 0.902 bits per heavy atom. The highest BCUT2D eigenvalue weighted by atomic mass is 32.2. The van der Waals surface area contributed by atoms with Gasteiger partial charge >= 0.3 is 0 Å². The van der Waals surface area contributed by atoms with Gasteiger partial charge in [-0.3, -0.25) is 13.9 Å². The fraction of sp³-hybridized carbons (Fsp3) is 0.355. The third-order valence-electron chi connectivity index (χ3n) is 6.57. The molecule has 1 N–H and O–H groups in total. The Hall–Kier alpha value is -4.05. The average molecular weight is 582 g/mol. The molecule has 1 atom stereocenters. The molecule has 0 aromatic heterocycles. The van der Waals surface area contributed by atoms with Crippen molar-refractivity contribution in [2.75, 3.05) is 31.6 Å².